The number of hydrogen-bond acceptors (Lipinski definition) is 2. The largest absolute Gasteiger partial charge is 0.347 e. The van der Waals surface area contributed by atoms with Gasteiger partial charge >= 0.3 is 0 Å². The van der Waals surface area contributed by atoms with Crippen molar-refractivity contribution < 1.29 is 4.79 Å². The van der Waals surface area contributed by atoms with Crippen LogP contribution in [0.1, 0.15) is 35.3 Å². The van der Waals surface area contributed by atoms with E-state index < -0.39 is 0 Å². The van der Waals surface area contributed by atoms with Gasteiger partial charge in [-0.25, -0.2) is 0 Å². The molecule has 0 unspecified atom stereocenters. The number of rotatable bonds is 2. The first-order valence-electron chi connectivity index (χ1n) is 7.58. The molecular weight excluding hydrogens is 270 g/mol. The predicted octanol–water partition coefficient (Wildman–Crippen LogP) is 4.49. The summed E-state index contributed by atoms with van der Waals surface area (Å²) in [7, 11) is 2.03. The molecule has 0 N–H and O–H groups in total. The number of aryl methyl sites for hydroxylation is 1. The highest BCUT2D eigenvalue weighted by Gasteiger charge is 2.38. The van der Waals surface area contributed by atoms with E-state index in [-0.39, 0.29) is 11.2 Å². The Labute approximate surface area is 132 Å². The van der Waals surface area contributed by atoms with Crippen LogP contribution in [0.4, 0.5) is 5.69 Å². The molecule has 0 radical (unpaired) electrons. The van der Waals surface area contributed by atoms with Gasteiger partial charge in [0.25, 0.3) is 0 Å². The van der Waals surface area contributed by atoms with Crippen LogP contribution in [0.5, 0.6) is 0 Å². The highest BCUT2D eigenvalue weighted by atomic mass is 16.1. The maximum atomic E-state index is 12.7. The smallest absolute Gasteiger partial charge is 0.187 e. The standard InChI is InChI=1S/C20H21NO/c1-14-9-5-6-10-15(14)18(22)13-19-20(2,3)16-11-7-8-12-17(16)21(19)4/h5-13H,1-4H3/b19-13+. The third kappa shape index (κ3) is 2.16. The average molecular weight is 291 g/mol. The molecule has 0 saturated heterocycles. The fourth-order valence-corrected chi connectivity index (χ4v) is 3.31. The lowest BCUT2D eigenvalue weighted by Crippen LogP contribution is -2.24. The van der Waals surface area contributed by atoms with Crippen LogP contribution in [-0.2, 0) is 5.41 Å². The number of carbonyl (C=O) groups excluding carboxylic acids is 1. The van der Waals surface area contributed by atoms with Crippen LogP contribution in [0.25, 0.3) is 0 Å². The molecule has 0 bridgehead atoms. The molecule has 22 heavy (non-hydrogen) atoms. The van der Waals surface area contributed by atoms with Crippen molar-refractivity contribution in [2.45, 2.75) is 26.2 Å². The molecule has 0 aromatic heterocycles. The number of nitrogens with zero attached hydrogens (tertiary/aromatic N) is 1. The van der Waals surface area contributed by atoms with Gasteiger partial charge in [0.2, 0.25) is 0 Å². The highest BCUT2D eigenvalue weighted by Crippen LogP contribution is 2.46. The van der Waals surface area contributed by atoms with Gasteiger partial charge in [-0.3, -0.25) is 4.79 Å². The number of likely N-dealkylation sites (N-methyl/N-ethyl adjacent to an activating group) is 1. The van der Waals surface area contributed by atoms with Crippen LogP contribution >= 0.6 is 0 Å². The fourth-order valence-electron chi connectivity index (χ4n) is 3.31. The Hall–Kier alpha value is -2.35. The summed E-state index contributed by atoms with van der Waals surface area (Å²) in [5.74, 6) is 0.0702. The second kappa shape index (κ2) is 5.13. The Morgan fingerprint density at radius 2 is 1.68 bits per heavy atom. The van der Waals surface area contributed by atoms with Crippen molar-refractivity contribution in [3.63, 3.8) is 0 Å². The van der Waals surface area contributed by atoms with E-state index in [9.17, 15) is 4.79 Å². The number of anilines is 1. The van der Waals surface area contributed by atoms with Gasteiger partial charge in [0.15, 0.2) is 5.78 Å². The first-order valence-corrected chi connectivity index (χ1v) is 7.58. The zero-order valence-electron chi connectivity index (χ0n) is 13.6. The van der Waals surface area contributed by atoms with Crippen LogP contribution < -0.4 is 4.90 Å². The summed E-state index contributed by atoms with van der Waals surface area (Å²) >= 11 is 0. The number of allylic oxidation sites excluding steroid dienone is 2. The number of hydrogen-bond donors (Lipinski definition) is 0. The number of fused-ring (bicyclic) bond motifs is 1. The molecule has 2 nitrogen and oxygen atoms in total. The molecule has 3 rings (SSSR count). The highest BCUT2D eigenvalue weighted by molar-refractivity contribution is 6.06. The van der Waals surface area contributed by atoms with E-state index in [4.69, 9.17) is 0 Å². The third-order valence-corrected chi connectivity index (χ3v) is 4.62. The number of benzene rings is 2. The van der Waals surface area contributed by atoms with E-state index in [1.165, 1.54) is 11.3 Å². The van der Waals surface area contributed by atoms with Crippen molar-refractivity contribution in [2.24, 2.45) is 0 Å². The molecule has 0 amide bonds. The van der Waals surface area contributed by atoms with Crippen molar-refractivity contribution in [1.29, 1.82) is 0 Å². The first kappa shape index (κ1) is 14.6. The molecule has 1 aliphatic heterocycles. The molecule has 2 aromatic carbocycles. The summed E-state index contributed by atoms with van der Waals surface area (Å²) in [5.41, 5.74) is 5.11. The molecule has 0 saturated carbocycles. The molecule has 2 heteroatoms. The Morgan fingerprint density at radius 3 is 2.36 bits per heavy atom. The maximum absolute atomic E-state index is 12.7. The summed E-state index contributed by atoms with van der Waals surface area (Å²) in [5, 5.41) is 0. The van der Waals surface area contributed by atoms with Crippen LogP contribution in [0.15, 0.2) is 60.3 Å². The first-order chi connectivity index (χ1) is 10.4. The maximum Gasteiger partial charge on any atom is 0.187 e. The van der Waals surface area contributed by atoms with Gasteiger partial charge in [-0.1, -0.05) is 56.3 Å². The van der Waals surface area contributed by atoms with Crippen LogP contribution in [0.2, 0.25) is 0 Å². The van der Waals surface area contributed by atoms with Gasteiger partial charge in [-0.05, 0) is 24.1 Å². The lowest BCUT2D eigenvalue weighted by Gasteiger charge is -2.24. The third-order valence-electron chi connectivity index (χ3n) is 4.62. The summed E-state index contributed by atoms with van der Waals surface area (Å²) in [6, 6.07) is 16.1. The molecule has 1 aliphatic rings. The number of ketones is 1. The SMILES string of the molecule is Cc1ccccc1C(=O)/C=C1/N(C)c2ccccc2C1(C)C. The molecule has 1 heterocycles. The van der Waals surface area contributed by atoms with E-state index >= 15 is 0 Å². The molecule has 112 valence electrons. The molecule has 0 fully saturated rings. The van der Waals surface area contributed by atoms with Gasteiger partial charge in [-0.15, -0.1) is 0 Å². The monoisotopic (exact) mass is 291 g/mol. The van der Waals surface area contributed by atoms with Crippen molar-refractivity contribution in [2.75, 3.05) is 11.9 Å². The van der Waals surface area contributed by atoms with E-state index in [1.807, 2.05) is 44.3 Å². The quantitative estimate of drug-likeness (QED) is 0.600. The van der Waals surface area contributed by atoms with Crippen LogP contribution in [0, 0.1) is 6.92 Å². The number of para-hydroxylation sites is 1. The minimum atomic E-state index is -0.163. The second-order valence-corrected chi connectivity index (χ2v) is 6.41. The summed E-state index contributed by atoms with van der Waals surface area (Å²) < 4.78 is 0. The lowest BCUT2D eigenvalue weighted by atomic mass is 9.83. The average Bonchev–Trinajstić information content (AvgIpc) is 2.69. The van der Waals surface area contributed by atoms with Gasteiger partial charge in [-0.2, -0.15) is 0 Å². The van der Waals surface area contributed by atoms with Crippen molar-refractivity contribution in [1.82, 2.24) is 0 Å². The van der Waals surface area contributed by atoms with Gasteiger partial charge in [0.05, 0.1) is 0 Å². The number of carbonyl (C=O) groups is 1. The summed E-state index contributed by atoms with van der Waals surface area (Å²) in [6.45, 7) is 6.32. The van der Waals surface area contributed by atoms with E-state index in [0.717, 1.165) is 16.8 Å². The molecule has 0 aliphatic carbocycles. The van der Waals surface area contributed by atoms with Gasteiger partial charge in [0, 0.05) is 35.5 Å². The van der Waals surface area contributed by atoms with Crippen molar-refractivity contribution >= 4 is 11.5 Å². The summed E-state index contributed by atoms with van der Waals surface area (Å²) in [4.78, 5) is 14.8. The van der Waals surface area contributed by atoms with Crippen LogP contribution in [0.3, 0.4) is 0 Å². The van der Waals surface area contributed by atoms with Gasteiger partial charge in [0.1, 0.15) is 0 Å². The van der Waals surface area contributed by atoms with Crippen molar-refractivity contribution in [3.8, 4) is 0 Å². The zero-order valence-corrected chi connectivity index (χ0v) is 13.6. The summed E-state index contributed by atoms with van der Waals surface area (Å²) in [6.07, 6.45) is 1.79. The normalized spacial score (nSPS) is 17.6. The lowest BCUT2D eigenvalue weighted by molar-refractivity contribution is 0.104. The Morgan fingerprint density at radius 1 is 1.05 bits per heavy atom. The zero-order chi connectivity index (χ0) is 15.9. The molecule has 0 atom stereocenters. The topological polar surface area (TPSA) is 20.3 Å². The minimum absolute atomic E-state index is 0.0702. The van der Waals surface area contributed by atoms with Crippen molar-refractivity contribution in [3.05, 3.63) is 77.0 Å². The molecule has 2 aromatic rings. The van der Waals surface area contributed by atoms with E-state index in [1.54, 1.807) is 6.08 Å². The Bertz CT molecular complexity index is 771. The van der Waals surface area contributed by atoms with E-state index in [2.05, 4.69) is 36.9 Å². The predicted molar refractivity (Wildman–Crippen MR) is 91.5 cm³/mol. The fraction of sp³-hybridized carbons (Fsp3) is 0.250. The van der Waals surface area contributed by atoms with Crippen LogP contribution in [-0.4, -0.2) is 12.8 Å². The van der Waals surface area contributed by atoms with Gasteiger partial charge < -0.3 is 4.90 Å². The Balaban J connectivity index is 2.06. The minimum Gasteiger partial charge on any atom is -0.347 e. The Kier molecular flexibility index (Phi) is 3.40. The molecule has 0 spiro atoms. The van der Waals surface area contributed by atoms with E-state index in [0.29, 0.717) is 0 Å². The molecular formula is C20H21NO. The second-order valence-electron chi connectivity index (χ2n) is 6.41.